The zero-order valence-corrected chi connectivity index (χ0v) is 15.1. The topological polar surface area (TPSA) is 32.8 Å². The third kappa shape index (κ3) is 6.44. The van der Waals surface area contributed by atoms with Crippen molar-refractivity contribution in [2.24, 2.45) is 5.41 Å². The Hall–Kier alpha value is -0.290. The van der Waals surface area contributed by atoms with E-state index in [4.69, 9.17) is 4.74 Å². The minimum atomic E-state index is -0.409. The number of carbonyl (C=O) groups is 1. The lowest BCUT2D eigenvalue weighted by Gasteiger charge is -2.36. The van der Waals surface area contributed by atoms with Crippen LogP contribution in [0.4, 0.5) is 4.79 Å². The van der Waals surface area contributed by atoms with E-state index in [-0.39, 0.29) is 6.09 Å². The van der Waals surface area contributed by atoms with Gasteiger partial charge in [-0.2, -0.15) is 0 Å². The Morgan fingerprint density at radius 1 is 1.10 bits per heavy atom. The average molecular weight is 349 g/mol. The molecule has 1 aliphatic heterocycles. The van der Waals surface area contributed by atoms with Gasteiger partial charge in [-0.1, -0.05) is 29.8 Å². The van der Waals surface area contributed by atoms with E-state index in [1.807, 2.05) is 25.7 Å². The normalized spacial score (nSPS) is 18.2. The molecule has 1 aliphatic rings. The summed E-state index contributed by atoms with van der Waals surface area (Å²) < 4.78 is 5.41. The maximum absolute atomic E-state index is 12.0. The standard InChI is InChI=1S/C15H29BrN2O2/c1-14(2,3)20-13(19)18-10-8-17(9-11-18)7-6-15(4,5)12-16/h6-12H2,1-5H3. The van der Waals surface area contributed by atoms with E-state index in [0.717, 1.165) is 38.1 Å². The van der Waals surface area contributed by atoms with Crippen LogP contribution in [0.5, 0.6) is 0 Å². The van der Waals surface area contributed by atoms with Gasteiger partial charge in [0.15, 0.2) is 0 Å². The molecule has 0 aromatic rings. The number of carbonyl (C=O) groups excluding carboxylic acids is 1. The number of rotatable bonds is 4. The number of alkyl halides is 1. The largest absolute Gasteiger partial charge is 0.444 e. The van der Waals surface area contributed by atoms with Gasteiger partial charge < -0.3 is 9.64 Å². The number of ether oxygens (including phenoxy) is 1. The minimum Gasteiger partial charge on any atom is -0.444 e. The number of piperazine rings is 1. The van der Waals surface area contributed by atoms with E-state index in [1.165, 1.54) is 6.42 Å². The van der Waals surface area contributed by atoms with Crippen molar-refractivity contribution in [1.82, 2.24) is 9.80 Å². The van der Waals surface area contributed by atoms with Crippen molar-refractivity contribution in [2.75, 3.05) is 38.1 Å². The van der Waals surface area contributed by atoms with Gasteiger partial charge in [0.05, 0.1) is 0 Å². The molecule has 5 heteroatoms. The zero-order chi connectivity index (χ0) is 15.4. The van der Waals surface area contributed by atoms with Crippen LogP contribution in [0.15, 0.2) is 0 Å². The SMILES string of the molecule is CC(C)(CBr)CCN1CCN(C(=O)OC(C)(C)C)CC1. The molecule has 0 bridgehead atoms. The predicted octanol–water partition coefficient (Wildman–Crippen LogP) is 3.35. The molecule has 0 N–H and O–H groups in total. The second kappa shape index (κ2) is 7.12. The lowest BCUT2D eigenvalue weighted by atomic mass is 9.92. The molecule has 0 spiro atoms. The minimum absolute atomic E-state index is 0.182. The molecule has 0 radical (unpaired) electrons. The molecule has 0 aliphatic carbocycles. The fourth-order valence-electron chi connectivity index (χ4n) is 2.01. The van der Waals surface area contributed by atoms with Crippen molar-refractivity contribution in [2.45, 2.75) is 46.6 Å². The summed E-state index contributed by atoms with van der Waals surface area (Å²) in [7, 11) is 0. The van der Waals surface area contributed by atoms with Gasteiger partial charge in [-0.15, -0.1) is 0 Å². The first-order chi connectivity index (χ1) is 9.13. The Bertz CT molecular complexity index is 318. The van der Waals surface area contributed by atoms with E-state index in [0.29, 0.717) is 5.41 Å². The summed E-state index contributed by atoms with van der Waals surface area (Å²) in [6.07, 6.45) is 0.989. The average Bonchev–Trinajstić information content (AvgIpc) is 2.35. The highest BCUT2D eigenvalue weighted by atomic mass is 79.9. The van der Waals surface area contributed by atoms with Crippen LogP contribution in [-0.4, -0.2) is 59.5 Å². The molecule has 0 aromatic carbocycles. The maximum Gasteiger partial charge on any atom is 0.410 e. The van der Waals surface area contributed by atoms with Crippen molar-refractivity contribution < 1.29 is 9.53 Å². The van der Waals surface area contributed by atoms with Crippen molar-refractivity contribution in [1.29, 1.82) is 0 Å². The van der Waals surface area contributed by atoms with Gasteiger partial charge in [0, 0.05) is 31.5 Å². The summed E-state index contributed by atoms with van der Waals surface area (Å²) in [5, 5.41) is 1.03. The molecule has 1 amide bonds. The van der Waals surface area contributed by atoms with Gasteiger partial charge in [-0.3, -0.25) is 4.90 Å². The van der Waals surface area contributed by atoms with Crippen LogP contribution in [0.1, 0.15) is 41.0 Å². The van der Waals surface area contributed by atoms with Crippen LogP contribution >= 0.6 is 15.9 Å². The molecule has 20 heavy (non-hydrogen) atoms. The molecule has 1 fully saturated rings. The van der Waals surface area contributed by atoms with Gasteiger partial charge in [-0.25, -0.2) is 4.79 Å². The zero-order valence-electron chi connectivity index (χ0n) is 13.5. The Kier molecular flexibility index (Phi) is 6.32. The highest BCUT2D eigenvalue weighted by Crippen LogP contribution is 2.23. The van der Waals surface area contributed by atoms with Crippen molar-refractivity contribution in [3.63, 3.8) is 0 Å². The van der Waals surface area contributed by atoms with Gasteiger partial charge in [0.1, 0.15) is 5.60 Å². The lowest BCUT2D eigenvalue weighted by molar-refractivity contribution is 0.0138. The first kappa shape index (κ1) is 17.8. The van der Waals surface area contributed by atoms with Gasteiger partial charge in [-0.05, 0) is 39.2 Å². The molecule has 1 heterocycles. The molecular weight excluding hydrogens is 320 g/mol. The number of amides is 1. The van der Waals surface area contributed by atoms with Crippen LogP contribution in [-0.2, 0) is 4.74 Å². The van der Waals surface area contributed by atoms with Gasteiger partial charge in [0.2, 0.25) is 0 Å². The Morgan fingerprint density at radius 2 is 1.65 bits per heavy atom. The fourth-order valence-corrected chi connectivity index (χ4v) is 2.29. The van der Waals surface area contributed by atoms with Crippen molar-refractivity contribution in [3.8, 4) is 0 Å². The first-order valence-electron chi connectivity index (χ1n) is 7.39. The maximum atomic E-state index is 12.0. The summed E-state index contributed by atoms with van der Waals surface area (Å²) in [4.78, 5) is 16.2. The van der Waals surface area contributed by atoms with Crippen LogP contribution < -0.4 is 0 Å². The second-order valence-electron chi connectivity index (χ2n) is 7.36. The van der Waals surface area contributed by atoms with E-state index in [9.17, 15) is 4.79 Å². The Balaban J connectivity index is 2.31. The van der Waals surface area contributed by atoms with Crippen LogP contribution in [0.3, 0.4) is 0 Å². The second-order valence-corrected chi connectivity index (χ2v) is 7.92. The van der Waals surface area contributed by atoms with Gasteiger partial charge >= 0.3 is 6.09 Å². The molecule has 1 saturated heterocycles. The van der Waals surface area contributed by atoms with Crippen LogP contribution in [0, 0.1) is 5.41 Å². The number of nitrogens with zero attached hydrogens (tertiary/aromatic N) is 2. The predicted molar refractivity (Wildman–Crippen MR) is 86.4 cm³/mol. The third-order valence-electron chi connectivity index (χ3n) is 3.49. The molecular formula is C15H29BrN2O2. The highest BCUT2D eigenvalue weighted by molar-refractivity contribution is 9.09. The summed E-state index contributed by atoms with van der Waals surface area (Å²) in [6, 6.07) is 0. The van der Waals surface area contributed by atoms with Gasteiger partial charge in [0.25, 0.3) is 0 Å². The third-order valence-corrected chi connectivity index (χ3v) is 5.01. The lowest BCUT2D eigenvalue weighted by Crippen LogP contribution is -2.50. The van der Waals surface area contributed by atoms with E-state index in [2.05, 4.69) is 34.7 Å². The number of halogens is 1. The van der Waals surface area contributed by atoms with Crippen molar-refractivity contribution in [3.05, 3.63) is 0 Å². The monoisotopic (exact) mass is 348 g/mol. The van der Waals surface area contributed by atoms with Crippen LogP contribution in [0.25, 0.3) is 0 Å². The van der Waals surface area contributed by atoms with E-state index >= 15 is 0 Å². The Labute approximate surface area is 132 Å². The quantitative estimate of drug-likeness (QED) is 0.730. The molecule has 0 aromatic heterocycles. The fraction of sp³-hybridized carbons (Fsp3) is 0.933. The molecule has 0 saturated carbocycles. The van der Waals surface area contributed by atoms with Crippen LogP contribution in [0.2, 0.25) is 0 Å². The summed E-state index contributed by atoms with van der Waals surface area (Å²) in [5.74, 6) is 0. The summed E-state index contributed by atoms with van der Waals surface area (Å²) in [5.41, 5.74) is -0.0730. The first-order valence-corrected chi connectivity index (χ1v) is 8.51. The van der Waals surface area contributed by atoms with E-state index in [1.54, 1.807) is 0 Å². The smallest absolute Gasteiger partial charge is 0.410 e. The highest BCUT2D eigenvalue weighted by Gasteiger charge is 2.26. The summed E-state index contributed by atoms with van der Waals surface area (Å²) in [6.45, 7) is 14.8. The van der Waals surface area contributed by atoms with Crippen molar-refractivity contribution >= 4 is 22.0 Å². The molecule has 0 atom stereocenters. The molecule has 118 valence electrons. The number of hydrogen-bond donors (Lipinski definition) is 0. The Morgan fingerprint density at radius 3 is 2.10 bits per heavy atom. The number of hydrogen-bond acceptors (Lipinski definition) is 3. The molecule has 4 nitrogen and oxygen atoms in total. The summed E-state index contributed by atoms with van der Waals surface area (Å²) >= 11 is 3.56. The molecule has 0 unspecified atom stereocenters. The van der Waals surface area contributed by atoms with E-state index < -0.39 is 5.60 Å². The molecule has 1 rings (SSSR count).